The number of carbonyl (C=O) groups is 4. The number of carboxylic acid groups (broad SMARTS) is 2. The number of para-hydroxylation sites is 2. The number of nitrogens with one attached hydrogen (secondary N) is 2. The van der Waals surface area contributed by atoms with Gasteiger partial charge >= 0.3 is 11.9 Å². The summed E-state index contributed by atoms with van der Waals surface area (Å²) >= 11 is 0. The first-order chi connectivity index (χ1) is 18.0. The Morgan fingerprint density at radius 3 is 1.34 bits per heavy atom. The fourth-order valence-corrected chi connectivity index (χ4v) is 3.18. The van der Waals surface area contributed by atoms with Crippen molar-refractivity contribution in [3.05, 3.63) is 48.5 Å². The Balaban J connectivity index is 2.06. The lowest BCUT2D eigenvalue weighted by Gasteiger charge is -2.18. The molecular weight excluding hydrogens is 496 g/mol. The average Bonchev–Trinajstić information content (AvgIpc) is 2.86. The molecule has 0 saturated heterocycles. The quantitative estimate of drug-likeness (QED) is 0.270. The summed E-state index contributed by atoms with van der Waals surface area (Å²) in [5, 5.41) is 31.6. The molecule has 0 aliphatic carbocycles. The summed E-state index contributed by atoms with van der Waals surface area (Å²) in [7, 11) is 0. The van der Waals surface area contributed by atoms with E-state index in [1.807, 2.05) is 0 Å². The Bertz CT molecular complexity index is 1080. The Labute approximate surface area is 220 Å². The highest BCUT2D eigenvalue weighted by Gasteiger charge is 2.24. The van der Waals surface area contributed by atoms with E-state index in [0.29, 0.717) is 11.4 Å². The first-order valence-corrected chi connectivity index (χ1v) is 11.9. The molecule has 0 heterocycles. The van der Waals surface area contributed by atoms with Crippen LogP contribution in [0.5, 0.6) is 11.5 Å². The number of benzene rings is 2. The highest BCUT2D eigenvalue weighted by molar-refractivity contribution is 5.85. The number of carbonyl (C=O) groups excluding carboxylic acids is 2. The van der Waals surface area contributed by atoms with Gasteiger partial charge in [0.05, 0.1) is 0 Å². The van der Waals surface area contributed by atoms with Crippen molar-refractivity contribution in [3.63, 3.8) is 0 Å². The van der Waals surface area contributed by atoms with Gasteiger partial charge in [-0.05, 0) is 36.1 Å². The second kappa shape index (κ2) is 14.3. The summed E-state index contributed by atoms with van der Waals surface area (Å²) in [6.45, 7) is 5.88. The molecular formula is C26H32N4O8. The molecule has 2 aromatic rings. The predicted octanol–water partition coefficient (Wildman–Crippen LogP) is 3.31. The van der Waals surface area contributed by atoms with E-state index in [1.165, 1.54) is 0 Å². The molecule has 2 amide bonds. The molecule has 0 aliphatic heterocycles. The highest BCUT2D eigenvalue weighted by Crippen LogP contribution is 2.32. The zero-order valence-corrected chi connectivity index (χ0v) is 21.6. The van der Waals surface area contributed by atoms with Gasteiger partial charge in [-0.15, -0.1) is 10.2 Å². The minimum Gasteiger partial charge on any atom is -0.481 e. The zero-order valence-electron chi connectivity index (χ0n) is 21.6. The lowest BCUT2D eigenvalue weighted by Crippen LogP contribution is -2.46. The number of nitrogens with zero attached hydrogens (tertiary/aromatic N) is 2. The van der Waals surface area contributed by atoms with Gasteiger partial charge in [0.2, 0.25) is 0 Å². The van der Waals surface area contributed by atoms with Crippen molar-refractivity contribution in [1.82, 2.24) is 10.6 Å². The SMILES string of the molecule is CC(C)[C@H](NC(=O)COc1ccccc1N=Nc1ccccc1OCC(=O)N[C@H](C(=O)O)C(C)C)C(=O)O. The third-order valence-electron chi connectivity index (χ3n) is 5.21. The standard InChI is InChI=1S/C26H32N4O8/c1-15(2)23(25(33)34)27-21(31)13-37-19-11-7-5-9-17(19)29-30-18-10-6-8-12-20(18)38-14-22(32)28-24(16(3)4)26(35)36/h5-12,15-16,23-24H,13-14H2,1-4H3,(H,27,31)(H,28,32)(H,33,34)(H,35,36)/t23-,24-/m0/s1. The summed E-state index contributed by atoms with van der Waals surface area (Å²) < 4.78 is 11.1. The van der Waals surface area contributed by atoms with Gasteiger partial charge in [-0.2, -0.15) is 0 Å². The van der Waals surface area contributed by atoms with E-state index in [4.69, 9.17) is 9.47 Å². The van der Waals surface area contributed by atoms with Crippen LogP contribution in [0.1, 0.15) is 27.7 Å². The van der Waals surface area contributed by atoms with Crippen molar-refractivity contribution in [2.24, 2.45) is 22.1 Å². The average molecular weight is 529 g/mol. The van der Waals surface area contributed by atoms with Crippen LogP contribution in [0.15, 0.2) is 58.8 Å². The van der Waals surface area contributed by atoms with Crippen LogP contribution >= 0.6 is 0 Å². The van der Waals surface area contributed by atoms with E-state index in [0.717, 1.165) is 0 Å². The van der Waals surface area contributed by atoms with Crippen molar-refractivity contribution in [2.75, 3.05) is 13.2 Å². The zero-order chi connectivity index (χ0) is 28.2. The molecule has 12 heteroatoms. The third-order valence-corrected chi connectivity index (χ3v) is 5.21. The second-order valence-electron chi connectivity index (χ2n) is 8.97. The van der Waals surface area contributed by atoms with E-state index >= 15 is 0 Å². The maximum Gasteiger partial charge on any atom is 0.326 e. The lowest BCUT2D eigenvalue weighted by molar-refractivity contribution is -0.143. The van der Waals surface area contributed by atoms with E-state index in [9.17, 15) is 29.4 Å². The van der Waals surface area contributed by atoms with Gasteiger partial charge in [0, 0.05) is 0 Å². The Kier molecular flexibility index (Phi) is 11.2. The van der Waals surface area contributed by atoms with Gasteiger partial charge in [0.15, 0.2) is 13.2 Å². The molecule has 204 valence electrons. The van der Waals surface area contributed by atoms with Crippen molar-refractivity contribution >= 4 is 35.1 Å². The molecule has 0 spiro atoms. The number of aliphatic carboxylic acids is 2. The van der Waals surface area contributed by atoms with E-state index in [-0.39, 0.29) is 23.3 Å². The fourth-order valence-electron chi connectivity index (χ4n) is 3.18. The molecule has 0 aromatic heterocycles. The van der Waals surface area contributed by atoms with Gasteiger partial charge in [-0.1, -0.05) is 52.0 Å². The van der Waals surface area contributed by atoms with Crippen LogP contribution in [-0.2, 0) is 19.2 Å². The second-order valence-corrected chi connectivity index (χ2v) is 8.97. The van der Waals surface area contributed by atoms with Crippen LogP contribution in [0.2, 0.25) is 0 Å². The molecule has 2 atom stereocenters. The number of rotatable bonds is 14. The third kappa shape index (κ3) is 9.19. The van der Waals surface area contributed by atoms with Gasteiger partial charge in [-0.25, -0.2) is 9.59 Å². The lowest BCUT2D eigenvalue weighted by atomic mass is 10.1. The topological polar surface area (TPSA) is 176 Å². The molecule has 12 nitrogen and oxygen atoms in total. The number of hydrogen-bond acceptors (Lipinski definition) is 8. The van der Waals surface area contributed by atoms with Crippen molar-refractivity contribution in [2.45, 2.75) is 39.8 Å². The first-order valence-electron chi connectivity index (χ1n) is 11.9. The Hall–Kier alpha value is -4.48. The molecule has 0 unspecified atom stereocenters. The monoisotopic (exact) mass is 528 g/mol. The number of hydrogen-bond donors (Lipinski definition) is 4. The molecule has 2 aromatic carbocycles. The maximum atomic E-state index is 12.2. The minimum absolute atomic E-state index is 0.244. The summed E-state index contributed by atoms with van der Waals surface area (Å²) in [6, 6.07) is 11.1. The summed E-state index contributed by atoms with van der Waals surface area (Å²) in [5.74, 6) is -3.59. The van der Waals surface area contributed by atoms with Gasteiger partial charge < -0.3 is 30.3 Å². The van der Waals surface area contributed by atoms with Crippen molar-refractivity contribution in [3.8, 4) is 11.5 Å². The van der Waals surface area contributed by atoms with E-state index < -0.39 is 49.1 Å². The van der Waals surface area contributed by atoms with Crippen LogP contribution in [0, 0.1) is 11.8 Å². The molecule has 0 aliphatic rings. The summed E-state index contributed by atoms with van der Waals surface area (Å²) in [5.41, 5.74) is 0.598. The number of azo groups is 1. The maximum absolute atomic E-state index is 12.2. The van der Waals surface area contributed by atoms with Crippen LogP contribution in [-0.4, -0.2) is 59.3 Å². The molecule has 0 saturated carbocycles. The first kappa shape index (κ1) is 29.7. The van der Waals surface area contributed by atoms with Gasteiger partial charge in [0.1, 0.15) is 35.0 Å². The Morgan fingerprint density at radius 2 is 1.03 bits per heavy atom. The smallest absolute Gasteiger partial charge is 0.326 e. The number of carboxylic acids is 2. The fraction of sp³-hybridized carbons (Fsp3) is 0.385. The molecule has 0 fully saturated rings. The number of ether oxygens (including phenoxy) is 2. The minimum atomic E-state index is -1.14. The largest absolute Gasteiger partial charge is 0.481 e. The molecule has 0 bridgehead atoms. The van der Waals surface area contributed by atoms with Crippen LogP contribution < -0.4 is 20.1 Å². The molecule has 4 N–H and O–H groups in total. The van der Waals surface area contributed by atoms with Crippen LogP contribution in [0.3, 0.4) is 0 Å². The van der Waals surface area contributed by atoms with Gasteiger partial charge in [0.25, 0.3) is 11.8 Å². The van der Waals surface area contributed by atoms with Crippen LogP contribution in [0.4, 0.5) is 11.4 Å². The molecule has 2 rings (SSSR count). The molecule has 38 heavy (non-hydrogen) atoms. The van der Waals surface area contributed by atoms with Crippen LogP contribution in [0.25, 0.3) is 0 Å². The van der Waals surface area contributed by atoms with Crippen molar-refractivity contribution in [1.29, 1.82) is 0 Å². The highest BCUT2D eigenvalue weighted by atomic mass is 16.5. The van der Waals surface area contributed by atoms with Gasteiger partial charge in [-0.3, -0.25) is 9.59 Å². The van der Waals surface area contributed by atoms with E-state index in [2.05, 4.69) is 20.9 Å². The van der Waals surface area contributed by atoms with E-state index in [1.54, 1.807) is 76.2 Å². The summed E-state index contributed by atoms with van der Waals surface area (Å²) in [4.78, 5) is 47.0. The molecule has 0 radical (unpaired) electrons. The normalized spacial score (nSPS) is 12.7. The predicted molar refractivity (Wildman–Crippen MR) is 137 cm³/mol. The Morgan fingerprint density at radius 1 is 0.684 bits per heavy atom. The number of amides is 2. The van der Waals surface area contributed by atoms with Crippen molar-refractivity contribution < 1.29 is 38.9 Å². The summed E-state index contributed by atoms with van der Waals surface area (Å²) in [6.07, 6.45) is 0.